The molecular formula is C22H34O4. The number of benzene rings is 1. The molecule has 0 saturated heterocycles. The maximum Gasteiger partial charge on any atom is 0.339 e. The Bertz CT molecular complexity index is 539. The van der Waals surface area contributed by atoms with E-state index in [1.807, 2.05) is 13.8 Å². The summed E-state index contributed by atoms with van der Waals surface area (Å²) in [5.74, 6) is -0.927. The molecule has 0 saturated carbocycles. The van der Waals surface area contributed by atoms with Gasteiger partial charge in [0.05, 0.1) is 23.8 Å². The molecule has 0 aliphatic carbocycles. The topological polar surface area (TPSA) is 52.6 Å². The van der Waals surface area contributed by atoms with Crippen molar-refractivity contribution in [3.8, 4) is 0 Å². The van der Waals surface area contributed by atoms with Crippen LogP contribution in [0.3, 0.4) is 0 Å². The Morgan fingerprint density at radius 3 is 1.96 bits per heavy atom. The maximum absolute atomic E-state index is 12.3. The summed E-state index contributed by atoms with van der Waals surface area (Å²) in [7, 11) is 0. The fraction of sp³-hybridized carbons (Fsp3) is 0.636. The van der Waals surface area contributed by atoms with Gasteiger partial charge >= 0.3 is 11.9 Å². The first-order valence-electron chi connectivity index (χ1n) is 10.1. The molecule has 1 rings (SSSR count). The van der Waals surface area contributed by atoms with Crippen LogP contribution in [0.4, 0.5) is 0 Å². The highest BCUT2D eigenvalue weighted by Crippen LogP contribution is 2.14. The Morgan fingerprint density at radius 2 is 1.38 bits per heavy atom. The van der Waals surface area contributed by atoms with Crippen molar-refractivity contribution in [3.05, 3.63) is 35.4 Å². The quantitative estimate of drug-likeness (QED) is 0.322. The molecule has 26 heavy (non-hydrogen) atoms. The fourth-order valence-corrected chi connectivity index (χ4v) is 2.65. The highest BCUT2D eigenvalue weighted by atomic mass is 16.5. The van der Waals surface area contributed by atoms with E-state index in [2.05, 4.69) is 6.92 Å². The van der Waals surface area contributed by atoms with Crippen LogP contribution in [0.1, 0.15) is 99.3 Å². The molecule has 0 heterocycles. The molecule has 0 radical (unpaired) electrons. The summed E-state index contributed by atoms with van der Waals surface area (Å²) in [6.45, 7) is 6.39. The van der Waals surface area contributed by atoms with Crippen LogP contribution < -0.4 is 0 Å². The molecule has 0 spiro atoms. The van der Waals surface area contributed by atoms with Crippen molar-refractivity contribution in [2.24, 2.45) is 0 Å². The number of rotatable bonds is 13. The lowest BCUT2D eigenvalue weighted by molar-refractivity contribution is 0.0321. The van der Waals surface area contributed by atoms with Crippen LogP contribution in [0.15, 0.2) is 24.3 Å². The third-order valence-corrected chi connectivity index (χ3v) is 4.48. The van der Waals surface area contributed by atoms with Gasteiger partial charge in [0.25, 0.3) is 0 Å². The zero-order valence-electron chi connectivity index (χ0n) is 16.6. The van der Waals surface area contributed by atoms with Crippen molar-refractivity contribution in [2.75, 3.05) is 6.61 Å². The van der Waals surface area contributed by atoms with Crippen LogP contribution in [-0.2, 0) is 9.47 Å². The first-order valence-corrected chi connectivity index (χ1v) is 10.1. The molecule has 1 atom stereocenters. The Morgan fingerprint density at radius 1 is 0.846 bits per heavy atom. The maximum atomic E-state index is 12.3. The van der Waals surface area contributed by atoms with Crippen molar-refractivity contribution in [1.29, 1.82) is 0 Å². The van der Waals surface area contributed by atoms with Crippen molar-refractivity contribution in [3.63, 3.8) is 0 Å². The average molecular weight is 363 g/mol. The monoisotopic (exact) mass is 362 g/mol. The highest BCUT2D eigenvalue weighted by Gasteiger charge is 2.20. The summed E-state index contributed by atoms with van der Waals surface area (Å²) >= 11 is 0. The lowest BCUT2D eigenvalue weighted by Gasteiger charge is -2.13. The van der Waals surface area contributed by atoms with Gasteiger partial charge in [-0.2, -0.15) is 0 Å². The molecule has 0 amide bonds. The molecule has 0 bridgehead atoms. The van der Waals surface area contributed by atoms with Gasteiger partial charge in [-0.25, -0.2) is 9.59 Å². The van der Waals surface area contributed by atoms with Gasteiger partial charge in [0.1, 0.15) is 0 Å². The van der Waals surface area contributed by atoms with Crippen LogP contribution >= 0.6 is 0 Å². The minimum atomic E-state index is -0.473. The Balaban J connectivity index is 2.37. The van der Waals surface area contributed by atoms with Crippen molar-refractivity contribution in [2.45, 2.75) is 84.7 Å². The van der Waals surface area contributed by atoms with E-state index in [1.165, 1.54) is 38.5 Å². The minimum absolute atomic E-state index is 0.177. The summed E-state index contributed by atoms with van der Waals surface area (Å²) in [6.07, 6.45) is 10.1. The van der Waals surface area contributed by atoms with E-state index in [4.69, 9.17) is 9.47 Å². The van der Waals surface area contributed by atoms with Crippen LogP contribution in [0.5, 0.6) is 0 Å². The zero-order chi connectivity index (χ0) is 19.2. The number of hydrogen-bond donors (Lipinski definition) is 0. The fourth-order valence-electron chi connectivity index (χ4n) is 2.65. The van der Waals surface area contributed by atoms with E-state index < -0.39 is 11.9 Å². The molecule has 1 aromatic carbocycles. The summed E-state index contributed by atoms with van der Waals surface area (Å²) in [5.41, 5.74) is 0.550. The zero-order valence-corrected chi connectivity index (χ0v) is 16.6. The first-order chi connectivity index (χ1) is 12.6. The Kier molecular flexibility index (Phi) is 11.4. The summed E-state index contributed by atoms with van der Waals surface area (Å²) in [4.78, 5) is 24.5. The van der Waals surface area contributed by atoms with Crippen LogP contribution in [0.2, 0.25) is 0 Å². The largest absolute Gasteiger partial charge is 0.462 e. The smallest absolute Gasteiger partial charge is 0.339 e. The van der Waals surface area contributed by atoms with Gasteiger partial charge < -0.3 is 9.47 Å². The van der Waals surface area contributed by atoms with Gasteiger partial charge in [-0.1, -0.05) is 70.9 Å². The van der Waals surface area contributed by atoms with Gasteiger partial charge in [-0.05, 0) is 31.9 Å². The van der Waals surface area contributed by atoms with Crippen molar-refractivity contribution in [1.82, 2.24) is 0 Å². The molecule has 146 valence electrons. The normalized spacial score (nSPS) is 11.8. The van der Waals surface area contributed by atoms with Gasteiger partial charge in [0.15, 0.2) is 0 Å². The van der Waals surface area contributed by atoms with E-state index in [0.717, 1.165) is 19.3 Å². The Hall–Kier alpha value is -1.84. The summed E-state index contributed by atoms with van der Waals surface area (Å²) in [6, 6.07) is 6.68. The van der Waals surface area contributed by atoms with Gasteiger partial charge in [-0.15, -0.1) is 0 Å². The second-order valence-electron chi connectivity index (χ2n) is 6.78. The molecule has 4 heteroatoms. The lowest BCUT2D eigenvalue weighted by Crippen LogP contribution is -2.18. The van der Waals surface area contributed by atoms with Crippen LogP contribution in [0.25, 0.3) is 0 Å². The molecule has 0 aromatic heterocycles. The van der Waals surface area contributed by atoms with Gasteiger partial charge in [0.2, 0.25) is 0 Å². The molecule has 0 N–H and O–H groups in total. The van der Waals surface area contributed by atoms with Gasteiger partial charge in [0, 0.05) is 0 Å². The van der Waals surface area contributed by atoms with E-state index in [9.17, 15) is 9.59 Å². The van der Waals surface area contributed by atoms with E-state index in [-0.39, 0.29) is 17.2 Å². The van der Waals surface area contributed by atoms with E-state index in [0.29, 0.717) is 6.61 Å². The third-order valence-electron chi connectivity index (χ3n) is 4.48. The predicted molar refractivity (Wildman–Crippen MR) is 105 cm³/mol. The van der Waals surface area contributed by atoms with E-state index in [1.54, 1.807) is 24.3 Å². The summed E-state index contributed by atoms with van der Waals surface area (Å²) in [5, 5.41) is 0. The number of esters is 2. The second kappa shape index (κ2) is 13.4. The molecule has 0 aliphatic heterocycles. The number of carbonyl (C=O) groups is 2. The number of unbranched alkanes of at least 4 members (excludes halogenated alkanes) is 7. The number of ether oxygens (including phenoxy) is 2. The van der Waals surface area contributed by atoms with E-state index >= 15 is 0 Å². The third kappa shape index (κ3) is 8.50. The molecule has 4 nitrogen and oxygen atoms in total. The lowest BCUT2D eigenvalue weighted by atomic mass is 10.1. The van der Waals surface area contributed by atoms with Crippen LogP contribution in [-0.4, -0.2) is 24.6 Å². The molecular weight excluding hydrogens is 328 g/mol. The standard InChI is InChI=1S/C22H34O4/c1-4-6-7-8-9-10-11-14-17-25-21(23)19-15-12-13-16-20(19)22(24)26-18(3)5-2/h12-13,15-16,18H,4-11,14,17H2,1-3H3. The summed E-state index contributed by atoms with van der Waals surface area (Å²) < 4.78 is 10.7. The SMILES string of the molecule is CCCCCCCCCCOC(=O)c1ccccc1C(=O)OC(C)CC. The second-order valence-corrected chi connectivity index (χ2v) is 6.78. The predicted octanol–water partition coefficient (Wildman–Crippen LogP) is 5.94. The number of carbonyl (C=O) groups excluding carboxylic acids is 2. The van der Waals surface area contributed by atoms with Crippen molar-refractivity contribution >= 4 is 11.9 Å². The molecule has 1 aromatic rings. The minimum Gasteiger partial charge on any atom is -0.462 e. The molecule has 1 unspecified atom stereocenters. The first kappa shape index (κ1) is 22.2. The average Bonchev–Trinajstić information content (AvgIpc) is 2.66. The molecule has 0 fully saturated rings. The molecule has 0 aliphatic rings. The van der Waals surface area contributed by atoms with Crippen LogP contribution in [0, 0.1) is 0 Å². The number of hydrogen-bond acceptors (Lipinski definition) is 4. The van der Waals surface area contributed by atoms with Gasteiger partial charge in [-0.3, -0.25) is 0 Å². The highest BCUT2D eigenvalue weighted by molar-refractivity contribution is 6.03. The van der Waals surface area contributed by atoms with Crippen molar-refractivity contribution < 1.29 is 19.1 Å². The Labute approximate surface area is 158 Å².